The molecule has 0 radical (unpaired) electrons. The molecule has 0 unspecified atom stereocenters. The molecular formula is C31H40F3N5O4. The molecule has 3 amide bonds. The van der Waals surface area contributed by atoms with Gasteiger partial charge >= 0.3 is 12.2 Å². The number of nitrogens with zero attached hydrogens (tertiary/aromatic N) is 1. The fraction of sp³-hybridized carbons (Fsp3) is 0.677. The van der Waals surface area contributed by atoms with Crippen LogP contribution in [0.2, 0.25) is 0 Å². The summed E-state index contributed by atoms with van der Waals surface area (Å²) in [5.41, 5.74) is 3.70. The highest BCUT2D eigenvalue weighted by Crippen LogP contribution is 2.65. The molecule has 12 heteroatoms. The first kappa shape index (κ1) is 30.1. The zero-order valence-electron chi connectivity index (χ0n) is 24.6. The van der Waals surface area contributed by atoms with Crippen LogP contribution in [0.1, 0.15) is 82.8 Å². The number of carbonyl (C=O) groups is 3. The van der Waals surface area contributed by atoms with Gasteiger partial charge in [0, 0.05) is 18.4 Å². The summed E-state index contributed by atoms with van der Waals surface area (Å²) in [7, 11) is 0. The maximum absolute atomic E-state index is 13.2. The van der Waals surface area contributed by atoms with Crippen LogP contribution in [0.15, 0.2) is 29.4 Å². The minimum atomic E-state index is -4.49. The molecule has 4 saturated carbocycles. The van der Waals surface area contributed by atoms with Crippen molar-refractivity contribution in [2.24, 2.45) is 39.7 Å². The zero-order valence-corrected chi connectivity index (χ0v) is 24.6. The van der Waals surface area contributed by atoms with E-state index < -0.39 is 30.4 Å². The summed E-state index contributed by atoms with van der Waals surface area (Å²) in [6.45, 7) is 4.28. The van der Waals surface area contributed by atoms with E-state index in [0.717, 1.165) is 63.5 Å². The Labute approximate surface area is 249 Å². The van der Waals surface area contributed by atoms with E-state index in [4.69, 9.17) is 4.84 Å². The van der Waals surface area contributed by atoms with Crippen LogP contribution in [0.4, 0.5) is 18.0 Å². The van der Waals surface area contributed by atoms with Gasteiger partial charge in [0.15, 0.2) is 6.61 Å². The smallest absolute Gasteiger partial charge is 0.386 e. The van der Waals surface area contributed by atoms with Crippen LogP contribution in [-0.2, 0) is 26.6 Å². The minimum Gasteiger partial charge on any atom is -0.386 e. The average Bonchev–Trinajstić information content (AvgIpc) is 3.73. The third kappa shape index (κ3) is 5.34. The van der Waals surface area contributed by atoms with Crippen molar-refractivity contribution in [1.82, 2.24) is 21.5 Å². The second-order valence-electron chi connectivity index (χ2n) is 13.6. The summed E-state index contributed by atoms with van der Waals surface area (Å²) in [5, 5.41) is 8.96. The Kier molecular flexibility index (Phi) is 7.60. The number of nitrogens with one attached hydrogen (secondary N) is 4. The summed E-state index contributed by atoms with van der Waals surface area (Å²) in [6, 6.07) is 4.88. The molecule has 1 aromatic rings. The highest BCUT2D eigenvalue weighted by Gasteiger charge is 2.65. The van der Waals surface area contributed by atoms with E-state index in [1.165, 1.54) is 24.3 Å². The number of ketones is 1. The van der Waals surface area contributed by atoms with Gasteiger partial charge in [-0.2, -0.15) is 13.2 Å². The number of fused-ring (bicyclic) bond motifs is 5. The number of hydrazine groups is 1. The molecule has 4 N–H and O–H groups in total. The molecule has 1 aliphatic heterocycles. The minimum absolute atomic E-state index is 0.0146. The fourth-order valence-corrected chi connectivity index (χ4v) is 8.87. The summed E-state index contributed by atoms with van der Waals surface area (Å²) < 4.78 is 39.6. The van der Waals surface area contributed by atoms with Gasteiger partial charge in [-0.3, -0.25) is 14.9 Å². The van der Waals surface area contributed by atoms with E-state index in [0.29, 0.717) is 35.0 Å². The number of halogens is 3. The molecule has 234 valence electrons. The molecular weight excluding hydrogens is 563 g/mol. The molecule has 0 aromatic heterocycles. The van der Waals surface area contributed by atoms with E-state index in [2.05, 4.69) is 40.5 Å². The van der Waals surface area contributed by atoms with E-state index in [9.17, 15) is 27.6 Å². The van der Waals surface area contributed by atoms with Crippen molar-refractivity contribution >= 4 is 23.4 Å². The lowest BCUT2D eigenvalue weighted by atomic mass is 9.45. The number of benzene rings is 1. The second kappa shape index (κ2) is 10.9. The lowest BCUT2D eigenvalue weighted by molar-refractivity contribution is -0.165. The van der Waals surface area contributed by atoms with Crippen LogP contribution in [0, 0.1) is 34.5 Å². The lowest BCUT2D eigenvalue weighted by Gasteiger charge is -2.59. The van der Waals surface area contributed by atoms with Gasteiger partial charge in [0.25, 0.3) is 5.91 Å². The van der Waals surface area contributed by atoms with Crippen LogP contribution in [-0.4, -0.2) is 36.2 Å². The number of rotatable bonds is 6. The largest absolute Gasteiger partial charge is 0.426 e. The number of oxime groups is 1. The molecule has 9 nitrogen and oxygen atoms in total. The highest BCUT2D eigenvalue weighted by atomic mass is 19.4. The molecule has 6 atom stereocenters. The Morgan fingerprint density at radius 2 is 1.77 bits per heavy atom. The summed E-state index contributed by atoms with van der Waals surface area (Å²) >= 11 is 0. The Balaban J connectivity index is 0.940. The quantitative estimate of drug-likeness (QED) is 0.272. The molecule has 0 spiro atoms. The first-order valence-corrected chi connectivity index (χ1v) is 15.3. The van der Waals surface area contributed by atoms with Crippen molar-refractivity contribution < 1.29 is 32.4 Å². The average molecular weight is 604 g/mol. The normalized spacial score (nSPS) is 35.4. The molecule has 43 heavy (non-hydrogen) atoms. The topological polar surface area (TPSA) is 141 Å². The SMILES string of the molecule is C[C@]12CC/C(=N\OCC(=O)NC(=O)NCc3ccc(C4(C(F)(F)F)NN4)cc3)C[C@@H]1CC[C@@H]1[C@@H]2CC[C@]2(C)C(=O)CC[C@@H]12. The van der Waals surface area contributed by atoms with Crippen molar-refractivity contribution in [1.29, 1.82) is 0 Å². The van der Waals surface area contributed by atoms with Crippen molar-refractivity contribution in [2.75, 3.05) is 6.61 Å². The van der Waals surface area contributed by atoms with Crippen LogP contribution in [0.25, 0.3) is 0 Å². The Morgan fingerprint density at radius 1 is 1.02 bits per heavy atom. The first-order valence-electron chi connectivity index (χ1n) is 15.3. The van der Waals surface area contributed by atoms with Crippen molar-refractivity contribution in [3.8, 4) is 0 Å². The summed E-state index contributed by atoms with van der Waals surface area (Å²) in [6.07, 6.45) is 4.41. The number of urea groups is 1. The van der Waals surface area contributed by atoms with E-state index >= 15 is 0 Å². The van der Waals surface area contributed by atoms with Gasteiger partial charge in [-0.15, -0.1) is 0 Å². The maximum Gasteiger partial charge on any atom is 0.426 e. The van der Waals surface area contributed by atoms with Crippen molar-refractivity contribution in [3.05, 3.63) is 35.4 Å². The van der Waals surface area contributed by atoms with Crippen LogP contribution < -0.4 is 21.5 Å². The van der Waals surface area contributed by atoms with Crippen molar-refractivity contribution in [2.45, 2.75) is 90.0 Å². The molecule has 0 bridgehead atoms. The number of alkyl halides is 3. The van der Waals surface area contributed by atoms with Gasteiger partial charge in [-0.05, 0) is 91.6 Å². The molecule has 4 aliphatic carbocycles. The number of amides is 3. The molecule has 5 aliphatic rings. The summed E-state index contributed by atoms with van der Waals surface area (Å²) in [5.74, 6) is 2.14. The Morgan fingerprint density at radius 3 is 2.47 bits per heavy atom. The van der Waals surface area contributed by atoms with E-state index in [-0.39, 0.29) is 22.9 Å². The molecule has 1 saturated heterocycles. The molecule has 1 aromatic carbocycles. The number of hydrogen-bond donors (Lipinski definition) is 4. The van der Waals surface area contributed by atoms with Crippen LogP contribution >= 0.6 is 0 Å². The van der Waals surface area contributed by atoms with Gasteiger partial charge in [0.2, 0.25) is 5.66 Å². The first-order chi connectivity index (χ1) is 20.4. The van der Waals surface area contributed by atoms with Gasteiger partial charge in [0.1, 0.15) is 5.78 Å². The predicted octanol–water partition coefficient (Wildman–Crippen LogP) is 4.82. The zero-order chi connectivity index (χ0) is 30.6. The monoisotopic (exact) mass is 603 g/mol. The van der Waals surface area contributed by atoms with Gasteiger partial charge in [0.05, 0.1) is 5.71 Å². The number of hydrogen-bond acceptors (Lipinski definition) is 7. The Bertz CT molecular complexity index is 1310. The number of Topliss-reactive ketones (excluding diaryl/α,β-unsaturated/α-hetero) is 1. The molecule has 5 fully saturated rings. The third-order valence-corrected chi connectivity index (χ3v) is 11.5. The van der Waals surface area contributed by atoms with Crippen molar-refractivity contribution in [3.63, 3.8) is 0 Å². The number of carbonyl (C=O) groups excluding carboxylic acids is 3. The van der Waals surface area contributed by atoms with E-state index in [1.807, 2.05) is 0 Å². The van der Waals surface area contributed by atoms with Gasteiger partial charge in [-0.1, -0.05) is 43.3 Å². The number of imide groups is 1. The van der Waals surface area contributed by atoms with Gasteiger partial charge < -0.3 is 10.2 Å². The van der Waals surface area contributed by atoms with Crippen LogP contribution in [0.5, 0.6) is 0 Å². The van der Waals surface area contributed by atoms with Crippen LogP contribution in [0.3, 0.4) is 0 Å². The Hall–Kier alpha value is -2.99. The standard InChI is InChI=1S/C31H40F3N5O4/c1-28-13-11-21(15-20(28)7-8-22-23-9-10-25(40)29(23,2)14-12-24(22)28)37-43-17-26(41)36-27(42)35-16-18-3-5-19(6-4-18)30(38-39-30)31(32,33)34/h3-6,20,22-24,38-39H,7-17H2,1-2H3,(H2,35,36,41,42)/b37-21+/t20-,22-,23-,24-,28-,29-/m0/s1. The second-order valence-corrected chi connectivity index (χ2v) is 13.6. The fourth-order valence-electron chi connectivity index (χ4n) is 8.87. The third-order valence-electron chi connectivity index (χ3n) is 11.5. The molecule has 1 heterocycles. The van der Waals surface area contributed by atoms with E-state index in [1.54, 1.807) is 0 Å². The maximum atomic E-state index is 13.2. The predicted molar refractivity (Wildman–Crippen MR) is 151 cm³/mol. The molecule has 6 rings (SSSR count). The lowest BCUT2D eigenvalue weighted by Crippen LogP contribution is -2.53. The van der Waals surface area contributed by atoms with Gasteiger partial charge in [-0.25, -0.2) is 15.6 Å². The highest BCUT2D eigenvalue weighted by molar-refractivity contribution is 5.95. The summed E-state index contributed by atoms with van der Waals surface area (Å²) in [4.78, 5) is 42.4.